The van der Waals surface area contributed by atoms with Crippen LogP contribution in [-0.2, 0) is 6.54 Å². The molecule has 1 aromatic rings. The maximum Gasteiger partial charge on any atom is 0.194 e. The van der Waals surface area contributed by atoms with Gasteiger partial charge in [0.15, 0.2) is 5.96 Å². The van der Waals surface area contributed by atoms with Gasteiger partial charge in [0.25, 0.3) is 0 Å². The summed E-state index contributed by atoms with van der Waals surface area (Å²) in [5.41, 5.74) is 1.35. The van der Waals surface area contributed by atoms with Crippen LogP contribution in [0.4, 0.5) is 0 Å². The molecule has 2 aliphatic heterocycles. The first-order chi connectivity index (χ1) is 13.5. The third-order valence-electron chi connectivity index (χ3n) is 6.23. The van der Waals surface area contributed by atoms with E-state index >= 15 is 0 Å². The van der Waals surface area contributed by atoms with Gasteiger partial charge in [0, 0.05) is 24.5 Å². The van der Waals surface area contributed by atoms with Crippen LogP contribution in [0.3, 0.4) is 0 Å². The predicted molar refractivity (Wildman–Crippen MR) is 135 cm³/mol. The quantitative estimate of drug-likeness (QED) is 0.345. The van der Waals surface area contributed by atoms with E-state index in [1.807, 2.05) is 0 Å². The summed E-state index contributed by atoms with van der Waals surface area (Å²) in [6.07, 6.45) is 6.51. The molecule has 2 saturated heterocycles. The van der Waals surface area contributed by atoms with Crippen LogP contribution in [0.25, 0.3) is 0 Å². The molecule has 0 unspecified atom stereocenters. The minimum atomic E-state index is 0. The van der Waals surface area contributed by atoms with Gasteiger partial charge in [0.05, 0.1) is 23.8 Å². The molecule has 0 aliphatic carbocycles. The van der Waals surface area contributed by atoms with Gasteiger partial charge >= 0.3 is 0 Å². The number of aliphatic imine (C=N–C) groups is 1. The van der Waals surface area contributed by atoms with E-state index < -0.39 is 0 Å². The topological polar surface area (TPSA) is 47.0 Å². The van der Waals surface area contributed by atoms with Crippen molar-refractivity contribution >= 4 is 41.3 Å². The maximum absolute atomic E-state index is 5.16. The Kier molecular flexibility index (Phi) is 10.1. The number of hydrogen-bond donors (Lipinski definition) is 1. The Morgan fingerprint density at radius 2 is 1.93 bits per heavy atom. The van der Waals surface area contributed by atoms with Gasteiger partial charge in [-0.25, -0.2) is 4.98 Å². The molecule has 29 heavy (non-hydrogen) atoms. The van der Waals surface area contributed by atoms with Gasteiger partial charge in [-0.05, 0) is 72.8 Å². The van der Waals surface area contributed by atoms with E-state index in [0.29, 0.717) is 0 Å². The van der Waals surface area contributed by atoms with Crippen LogP contribution >= 0.6 is 35.3 Å². The zero-order valence-electron chi connectivity index (χ0n) is 18.6. The lowest BCUT2D eigenvalue weighted by Gasteiger charge is -2.49. The summed E-state index contributed by atoms with van der Waals surface area (Å²) in [6.45, 7) is 11.6. The number of halogens is 1. The predicted octanol–water partition coefficient (Wildman–Crippen LogP) is 3.42. The van der Waals surface area contributed by atoms with Crippen LogP contribution in [-0.4, -0.2) is 84.5 Å². The molecule has 166 valence electrons. The Bertz CT molecular complexity index is 635. The van der Waals surface area contributed by atoms with Gasteiger partial charge < -0.3 is 15.1 Å². The van der Waals surface area contributed by atoms with Crippen molar-refractivity contribution in [3.8, 4) is 0 Å². The summed E-state index contributed by atoms with van der Waals surface area (Å²) >= 11 is 1.72. The van der Waals surface area contributed by atoms with Crippen molar-refractivity contribution in [3.05, 3.63) is 16.1 Å². The van der Waals surface area contributed by atoms with E-state index in [9.17, 15) is 0 Å². The summed E-state index contributed by atoms with van der Waals surface area (Å²) in [5, 5.41) is 6.78. The maximum atomic E-state index is 5.16. The molecule has 0 aromatic carbocycles. The molecule has 1 N–H and O–H groups in total. The molecule has 2 aliphatic rings. The van der Waals surface area contributed by atoms with Gasteiger partial charge in [-0.3, -0.25) is 9.89 Å². The second kappa shape index (κ2) is 11.8. The molecule has 1 aromatic heterocycles. The third kappa shape index (κ3) is 6.77. The fraction of sp³-hybridized carbons (Fsp3) is 0.810. The Morgan fingerprint density at radius 3 is 2.52 bits per heavy atom. The van der Waals surface area contributed by atoms with Gasteiger partial charge in [-0.1, -0.05) is 6.42 Å². The van der Waals surface area contributed by atoms with Crippen LogP contribution in [0.2, 0.25) is 0 Å². The third-order valence-corrected chi connectivity index (χ3v) is 7.05. The summed E-state index contributed by atoms with van der Waals surface area (Å²) in [6, 6.07) is 0. The fourth-order valence-electron chi connectivity index (χ4n) is 4.47. The van der Waals surface area contributed by atoms with E-state index in [1.165, 1.54) is 58.3 Å². The first-order valence-electron chi connectivity index (χ1n) is 10.9. The van der Waals surface area contributed by atoms with Crippen molar-refractivity contribution in [1.82, 2.24) is 25.0 Å². The van der Waals surface area contributed by atoms with Crippen molar-refractivity contribution in [1.29, 1.82) is 0 Å². The van der Waals surface area contributed by atoms with E-state index in [-0.39, 0.29) is 29.5 Å². The molecule has 0 atom stereocenters. The highest BCUT2D eigenvalue weighted by Crippen LogP contribution is 2.31. The molecule has 0 spiro atoms. The van der Waals surface area contributed by atoms with Crippen LogP contribution in [0, 0.1) is 6.92 Å². The van der Waals surface area contributed by atoms with Crippen molar-refractivity contribution in [2.75, 3.05) is 53.4 Å². The van der Waals surface area contributed by atoms with Crippen LogP contribution in [0.15, 0.2) is 10.4 Å². The molecular formula is C21H39IN6S. The second-order valence-corrected chi connectivity index (χ2v) is 9.52. The first-order valence-corrected chi connectivity index (χ1v) is 11.7. The summed E-state index contributed by atoms with van der Waals surface area (Å²) in [4.78, 5) is 17.2. The van der Waals surface area contributed by atoms with E-state index in [0.717, 1.165) is 36.3 Å². The Labute approximate surface area is 198 Å². The molecule has 6 nitrogen and oxygen atoms in total. The average Bonchev–Trinajstić information content (AvgIpc) is 3.12. The standard InChI is InChI=1S/C21H38N6S.HI/c1-5-22-20(26(4)15-19-16-28-18(2)24-19)23-17-21(9-13-25(3)14-10-21)27-11-7-6-8-12-27;/h16H,5-15,17H2,1-4H3,(H,22,23);1H. The van der Waals surface area contributed by atoms with Gasteiger partial charge in [0.2, 0.25) is 0 Å². The summed E-state index contributed by atoms with van der Waals surface area (Å²) < 4.78 is 0. The smallest absolute Gasteiger partial charge is 0.194 e. The molecule has 3 rings (SSSR count). The minimum absolute atomic E-state index is 0. The molecule has 8 heteroatoms. The highest BCUT2D eigenvalue weighted by Gasteiger charge is 2.39. The number of thiazole rings is 1. The molecule has 0 saturated carbocycles. The number of piperidine rings is 2. The lowest BCUT2D eigenvalue weighted by molar-refractivity contribution is 0.0206. The molecular weight excluding hydrogens is 495 g/mol. The van der Waals surface area contributed by atoms with Crippen LogP contribution in [0.5, 0.6) is 0 Å². The zero-order chi connectivity index (χ0) is 20.0. The van der Waals surface area contributed by atoms with E-state index in [2.05, 4.69) is 58.3 Å². The summed E-state index contributed by atoms with van der Waals surface area (Å²) in [7, 11) is 4.37. The number of rotatable bonds is 6. The second-order valence-electron chi connectivity index (χ2n) is 8.46. The SMILES string of the molecule is CCNC(=NCC1(N2CCCCC2)CCN(C)CC1)N(C)Cc1csc(C)n1.I. The van der Waals surface area contributed by atoms with Crippen molar-refractivity contribution in [3.63, 3.8) is 0 Å². The lowest BCUT2D eigenvalue weighted by atomic mass is 9.84. The lowest BCUT2D eigenvalue weighted by Crippen LogP contribution is -2.58. The number of aromatic nitrogens is 1. The highest BCUT2D eigenvalue weighted by molar-refractivity contribution is 14.0. The largest absolute Gasteiger partial charge is 0.357 e. The fourth-order valence-corrected chi connectivity index (χ4v) is 5.07. The van der Waals surface area contributed by atoms with Gasteiger partial charge in [-0.2, -0.15) is 0 Å². The van der Waals surface area contributed by atoms with Crippen molar-refractivity contribution in [2.45, 2.75) is 58.0 Å². The zero-order valence-corrected chi connectivity index (χ0v) is 21.8. The average molecular weight is 535 g/mol. The van der Waals surface area contributed by atoms with Crippen molar-refractivity contribution in [2.24, 2.45) is 4.99 Å². The molecule has 0 bridgehead atoms. The molecule has 2 fully saturated rings. The van der Waals surface area contributed by atoms with E-state index in [4.69, 9.17) is 4.99 Å². The van der Waals surface area contributed by atoms with Crippen molar-refractivity contribution < 1.29 is 0 Å². The molecule has 3 heterocycles. The Morgan fingerprint density at radius 1 is 1.24 bits per heavy atom. The number of likely N-dealkylation sites (tertiary alicyclic amines) is 2. The first kappa shape index (κ1) is 24.8. The Balaban J connectivity index is 0.00000300. The van der Waals surface area contributed by atoms with E-state index in [1.54, 1.807) is 11.3 Å². The Hall–Kier alpha value is -0.450. The number of nitrogens with zero attached hydrogens (tertiary/aromatic N) is 5. The summed E-state index contributed by atoms with van der Waals surface area (Å²) in [5.74, 6) is 1.00. The molecule has 0 amide bonds. The normalized spacial score (nSPS) is 20.9. The number of hydrogen-bond acceptors (Lipinski definition) is 5. The number of guanidine groups is 1. The minimum Gasteiger partial charge on any atom is -0.357 e. The highest BCUT2D eigenvalue weighted by atomic mass is 127. The van der Waals surface area contributed by atoms with Crippen LogP contribution < -0.4 is 5.32 Å². The molecule has 0 radical (unpaired) electrons. The number of nitrogens with one attached hydrogen (secondary N) is 1. The van der Waals surface area contributed by atoms with Gasteiger partial charge in [0.1, 0.15) is 0 Å². The van der Waals surface area contributed by atoms with Crippen LogP contribution in [0.1, 0.15) is 49.7 Å². The van der Waals surface area contributed by atoms with Gasteiger partial charge in [-0.15, -0.1) is 35.3 Å². The monoisotopic (exact) mass is 534 g/mol. The number of aryl methyl sites for hydroxylation is 1.